The summed E-state index contributed by atoms with van der Waals surface area (Å²) < 4.78 is 7.05. The lowest BCUT2D eigenvalue weighted by atomic mass is 10.2. The lowest BCUT2D eigenvalue weighted by molar-refractivity contribution is 0.0759. The molecule has 0 radical (unpaired) electrons. The molecule has 2 N–H and O–H groups in total. The van der Waals surface area contributed by atoms with Crippen LogP contribution in [0.25, 0.3) is 0 Å². The van der Waals surface area contributed by atoms with E-state index in [1.165, 1.54) is 0 Å². The highest BCUT2D eigenvalue weighted by Gasteiger charge is 2.24. The molecule has 0 amide bonds. The molecule has 6 nitrogen and oxygen atoms in total. The Hall–Kier alpha value is -1.74. The second kappa shape index (κ2) is 4.02. The van der Waals surface area contributed by atoms with Gasteiger partial charge >= 0.3 is 0 Å². The number of rotatable bonds is 1. The molecule has 6 heteroatoms. The molecular weight excluding hydrogens is 206 g/mol. The van der Waals surface area contributed by atoms with Gasteiger partial charge in [-0.3, -0.25) is 4.68 Å². The van der Waals surface area contributed by atoms with Crippen molar-refractivity contribution in [1.82, 2.24) is 9.78 Å². The largest absolute Gasteiger partial charge is 0.394 e. The standard InChI is InChI=1S/C10H15N5O/c1-7-9(12)10(14(2)13-7)15-3-4-16-8(5-11)6-15/h8H,3-4,6,12H2,1-2H3. The number of nitrogens with zero attached hydrogens (tertiary/aromatic N) is 4. The van der Waals surface area contributed by atoms with E-state index >= 15 is 0 Å². The van der Waals surface area contributed by atoms with E-state index in [-0.39, 0.29) is 6.10 Å². The number of anilines is 2. The van der Waals surface area contributed by atoms with Gasteiger partial charge in [-0.15, -0.1) is 0 Å². The fourth-order valence-corrected chi connectivity index (χ4v) is 1.96. The Morgan fingerprint density at radius 1 is 1.62 bits per heavy atom. The lowest BCUT2D eigenvalue weighted by Crippen LogP contribution is -2.43. The smallest absolute Gasteiger partial charge is 0.161 e. The Kier molecular flexibility index (Phi) is 2.71. The van der Waals surface area contributed by atoms with Crippen LogP contribution in [0.1, 0.15) is 5.69 Å². The quantitative estimate of drug-likeness (QED) is 0.724. The molecule has 0 aromatic carbocycles. The predicted octanol–water partition coefficient (Wildman–Crippen LogP) is 0.0395. The van der Waals surface area contributed by atoms with Crippen LogP contribution < -0.4 is 10.6 Å². The Bertz CT molecular complexity index is 433. The third-order valence-electron chi connectivity index (χ3n) is 2.75. The van der Waals surface area contributed by atoms with Crippen molar-refractivity contribution < 1.29 is 4.74 Å². The van der Waals surface area contributed by atoms with E-state index in [9.17, 15) is 0 Å². The van der Waals surface area contributed by atoms with E-state index in [0.717, 1.165) is 18.1 Å². The van der Waals surface area contributed by atoms with Gasteiger partial charge < -0.3 is 15.4 Å². The lowest BCUT2D eigenvalue weighted by Gasteiger charge is -2.31. The van der Waals surface area contributed by atoms with Crippen molar-refractivity contribution in [3.05, 3.63) is 5.69 Å². The molecular formula is C10H15N5O. The summed E-state index contributed by atoms with van der Waals surface area (Å²) in [5, 5.41) is 13.1. The monoisotopic (exact) mass is 221 g/mol. The second-order valence-corrected chi connectivity index (χ2v) is 3.88. The van der Waals surface area contributed by atoms with Crippen molar-refractivity contribution in [2.75, 3.05) is 30.3 Å². The molecule has 0 bridgehead atoms. The molecule has 1 aliphatic heterocycles. The summed E-state index contributed by atoms with van der Waals surface area (Å²) in [6, 6.07) is 2.11. The first-order valence-corrected chi connectivity index (χ1v) is 5.18. The zero-order valence-corrected chi connectivity index (χ0v) is 9.47. The van der Waals surface area contributed by atoms with Crippen molar-refractivity contribution in [2.45, 2.75) is 13.0 Å². The first-order valence-electron chi connectivity index (χ1n) is 5.18. The van der Waals surface area contributed by atoms with E-state index in [1.54, 1.807) is 4.68 Å². The van der Waals surface area contributed by atoms with Gasteiger partial charge in [-0.05, 0) is 6.92 Å². The number of hydrogen-bond acceptors (Lipinski definition) is 5. The fourth-order valence-electron chi connectivity index (χ4n) is 1.96. The first kappa shape index (κ1) is 10.8. The summed E-state index contributed by atoms with van der Waals surface area (Å²) in [5.74, 6) is 0.876. The molecule has 1 saturated heterocycles. The van der Waals surface area contributed by atoms with Gasteiger partial charge in [0.15, 0.2) is 11.9 Å². The Labute approximate surface area is 94.2 Å². The van der Waals surface area contributed by atoms with Crippen molar-refractivity contribution in [3.63, 3.8) is 0 Å². The van der Waals surface area contributed by atoms with Crippen LogP contribution in [0.4, 0.5) is 11.5 Å². The van der Waals surface area contributed by atoms with E-state index in [4.69, 9.17) is 15.7 Å². The number of aromatic nitrogens is 2. The van der Waals surface area contributed by atoms with E-state index in [2.05, 4.69) is 11.2 Å². The van der Waals surface area contributed by atoms with Gasteiger partial charge in [-0.1, -0.05) is 0 Å². The Morgan fingerprint density at radius 3 is 2.94 bits per heavy atom. The van der Waals surface area contributed by atoms with Gasteiger partial charge in [0, 0.05) is 13.6 Å². The maximum absolute atomic E-state index is 8.84. The summed E-state index contributed by atoms with van der Waals surface area (Å²) in [6.45, 7) is 3.70. The number of aryl methyl sites for hydroxylation is 2. The number of nitrogens with two attached hydrogens (primary N) is 1. The minimum absolute atomic E-state index is 0.386. The van der Waals surface area contributed by atoms with Gasteiger partial charge in [0.1, 0.15) is 0 Å². The first-order chi connectivity index (χ1) is 7.63. The molecule has 16 heavy (non-hydrogen) atoms. The predicted molar refractivity (Wildman–Crippen MR) is 59.9 cm³/mol. The van der Waals surface area contributed by atoms with Gasteiger partial charge in [0.05, 0.1) is 30.6 Å². The van der Waals surface area contributed by atoms with Crippen LogP contribution in [-0.2, 0) is 11.8 Å². The van der Waals surface area contributed by atoms with Crippen LogP contribution in [0, 0.1) is 18.3 Å². The minimum atomic E-state index is -0.386. The van der Waals surface area contributed by atoms with Gasteiger partial charge in [-0.2, -0.15) is 10.4 Å². The minimum Gasteiger partial charge on any atom is -0.394 e. The van der Waals surface area contributed by atoms with Crippen LogP contribution in [0.15, 0.2) is 0 Å². The molecule has 1 fully saturated rings. The maximum atomic E-state index is 8.84. The van der Waals surface area contributed by atoms with Gasteiger partial charge in [-0.25, -0.2) is 0 Å². The highest BCUT2D eigenvalue weighted by Crippen LogP contribution is 2.26. The van der Waals surface area contributed by atoms with E-state index < -0.39 is 0 Å². The van der Waals surface area contributed by atoms with Crippen molar-refractivity contribution >= 4 is 11.5 Å². The molecule has 2 rings (SSSR count). The number of ether oxygens (including phenoxy) is 1. The second-order valence-electron chi connectivity index (χ2n) is 3.88. The van der Waals surface area contributed by atoms with E-state index in [1.807, 2.05) is 18.9 Å². The summed E-state index contributed by atoms with van der Waals surface area (Å²) in [5.41, 5.74) is 7.47. The molecule has 2 heterocycles. The molecule has 0 spiro atoms. The summed E-state index contributed by atoms with van der Waals surface area (Å²) in [4.78, 5) is 2.05. The van der Waals surface area contributed by atoms with E-state index in [0.29, 0.717) is 18.8 Å². The van der Waals surface area contributed by atoms with Crippen molar-refractivity contribution in [2.24, 2.45) is 7.05 Å². The summed E-state index contributed by atoms with van der Waals surface area (Å²) in [6.07, 6.45) is -0.386. The normalized spacial score (nSPS) is 20.8. The third-order valence-corrected chi connectivity index (χ3v) is 2.75. The summed E-state index contributed by atoms with van der Waals surface area (Å²) >= 11 is 0. The molecule has 1 aromatic rings. The molecule has 1 unspecified atom stereocenters. The average molecular weight is 221 g/mol. The Morgan fingerprint density at radius 2 is 2.38 bits per heavy atom. The summed E-state index contributed by atoms with van der Waals surface area (Å²) in [7, 11) is 1.86. The molecule has 86 valence electrons. The third kappa shape index (κ3) is 1.70. The van der Waals surface area contributed by atoms with Crippen LogP contribution in [0.2, 0.25) is 0 Å². The Balaban J connectivity index is 2.27. The number of nitrogen functional groups attached to an aromatic ring is 1. The van der Waals surface area contributed by atoms with Crippen LogP contribution in [0.5, 0.6) is 0 Å². The highest BCUT2D eigenvalue weighted by atomic mass is 16.5. The average Bonchev–Trinajstić information content (AvgIpc) is 2.53. The van der Waals surface area contributed by atoms with Crippen LogP contribution in [-0.4, -0.2) is 35.6 Å². The zero-order chi connectivity index (χ0) is 11.7. The molecule has 1 aromatic heterocycles. The van der Waals surface area contributed by atoms with Crippen LogP contribution >= 0.6 is 0 Å². The fraction of sp³-hybridized carbons (Fsp3) is 0.600. The molecule has 1 atom stereocenters. The molecule has 0 aliphatic carbocycles. The van der Waals surface area contributed by atoms with Crippen molar-refractivity contribution in [3.8, 4) is 6.07 Å². The SMILES string of the molecule is Cc1nn(C)c(N2CCOC(C#N)C2)c1N. The van der Waals surface area contributed by atoms with Gasteiger partial charge in [0.2, 0.25) is 0 Å². The highest BCUT2D eigenvalue weighted by molar-refractivity contribution is 5.66. The van der Waals surface area contributed by atoms with Crippen molar-refractivity contribution in [1.29, 1.82) is 5.26 Å². The molecule has 0 saturated carbocycles. The molecule has 1 aliphatic rings. The topological polar surface area (TPSA) is 80.1 Å². The number of morpholine rings is 1. The van der Waals surface area contributed by atoms with Gasteiger partial charge in [0.25, 0.3) is 0 Å². The number of nitriles is 1. The maximum Gasteiger partial charge on any atom is 0.161 e. The van der Waals surface area contributed by atoms with Crippen LogP contribution in [0.3, 0.4) is 0 Å². The zero-order valence-electron chi connectivity index (χ0n) is 9.47. The number of hydrogen-bond donors (Lipinski definition) is 1.